The molecule has 0 fully saturated rings. The van der Waals surface area contributed by atoms with Gasteiger partial charge in [0.2, 0.25) is 0 Å². The van der Waals surface area contributed by atoms with Gasteiger partial charge in [0.15, 0.2) is 0 Å². The molecule has 168 valence electrons. The molecular weight excluding hydrogens is 485 g/mol. The molecule has 0 saturated heterocycles. The Morgan fingerprint density at radius 2 is 1.62 bits per heavy atom. The van der Waals surface area contributed by atoms with Crippen molar-refractivity contribution in [3.05, 3.63) is 55.5 Å². The van der Waals surface area contributed by atoms with Crippen LogP contribution in [0.1, 0.15) is 10.1 Å². The Morgan fingerprint density at radius 3 is 2.16 bits per heavy atom. The molecule has 0 unspecified atom stereocenters. The van der Waals surface area contributed by atoms with Crippen LogP contribution in [0.3, 0.4) is 0 Å². The fourth-order valence-corrected chi connectivity index (χ4v) is 4.77. The number of nitrogens with zero attached hydrogens (tertiary/aromatic N) is 3. The van der Waals surface area contributed by atoms with E-state index < -0.39 is 4.92 Å². The van der Waals surface area contributed by atoms with Crippen LogP contribution in [0.5, 0.6) is 23.0 Å². The molecule has 10 nitrogen and oxygen atoms in total. The fourth-order valence-electron chi connectivity index (χ4n) is 3.03. The van der Waals surface area contributed by atoms with Crippen LogP contribution in [-0.4, -0.2) is 65.7 Å². The van der Waals surface area contributed by atoms with Crippen molar-refractivity contribution in [3.8, 4) is 34.3 Å². The monoisotopic (exact) mass is 507 g/mol. The van der Waals surface area contributed by atoms with Gasteiger partial charge in [0, 0.05) is 0 Å². The predicted molar refractivity (Wildman–Crippen MR) is 119 cm³/mol. The van der Waals surface area contributed by atoms with E-state index in [1.54, 1.807) is 24.3 Å². The molecule has 0 aliphatic rings. The fraction of sp³-hybridized carbons (Fsp3) is 0.238. The van der Waals surface area contributed by atoms with Crippen LogP contribution in [0.4, 0.5) is 5.69 Å². The van der Waals surface area contributed by atoms with Crippen LogP contribution in [0, 0.1) is 10.1 Å². The number of ether oxygens (including phenoxy) is 4. The van der Waals surface area contributed by atoms with Crippen molar-refractivity contribution in [1.82, 2.24) is 4.98 Å². The van der Waals surface area contributed by atoms with Crippen molar-refractivity contribution in [2.45, 2.75) is 0 Å². The van der Waals surface area contributed by atoms with Gasteiger partial charge >= 0.3 is 190 Å². The molecule has 0 radical (unpaired) electrons. The van der Waals surface area contributed by atoms with Gasteiger partial charge in [0.1, 0.15) is 0 Å². The number of hydrogen-bond donors (Lipinski definition) is 0. The van der Waals surface area contributed by atoms with E-state index in [2.05, 4.69) is 10.1 Å². The quantitative estimate of drug-likeness (QED) is 0.188. The molecule has 11 heteroatoms. The first kappa shape index (κ1) is 23.1. The Kier molecular flexibility index (Phi) is 7.34. The summed E-state index contributed by atoms with van der Waals surface area (Å²) in [7, 11) is 7.42. The molecule has 3 aromatic rings. The molecule has 0 amide bonds. The average Bonchev–Trinajstić information content (AvgIpc) is 3.30. The third-order valence-electron chi connectivity index (χ3n) is 4.50. The van der Waals surface area contributed by atoms with Gasteiger partial charge in [0.25, 0.3) is 0 Å². The Labute approximate surface area is 190 Å². The molecular formula is C21H21N3O7Se. The predicted octanol–water partition coefficient (Wildman–Crippen LogP) is 3.15. The zero-order valence-electron chi connectivity index (χ0n) is 18.1. The van der Waals surface area contributed by atoms with Gasteiger partial charge in [-0.1, -0.05) is 0 Å². The summed E-state index contributed by atoms with van der Waals surface area (Å²) in [6.07, 6.45) is 0. The summed E-state index contributed by atoms with van der Waals surface area (Å²) in [6, 6.07) is 8.24. The zero-order chi connectivity index (χ0) is 23.3. The van der Waals surface area contributed by atoms with E-state index in [1.807, 2.05) is 4.94 Å². The first-order valence-corrected chi connectivity index (χ1v) is 11.0. The van der Waals surface area contributed by atoms with Gasteiger partial charge in [0.05, 0.1) is 0 Å². The van der Waals surface area contributed by atoms with Gasteiger partial charge in [-0.3, -0.25) is 0 Å². The summed E-state index contributed by atoms with van der Waals surface area (Å²) in [5, 5.41) is 15.5. The third kappa shape index (κ3) is 4.53. The molecule has 0 aliphatic carbocycles. The van der Waals surface area contributed by atoms with Gasteiger partial charge in [-0.25, -0.2) is 0 Å². The second kappa shape index (κ2) is 10.2. The van der Waals surface area contributed by atoms with Crippen molar-refractivity contribution in [3.63, 3.8) is 0 Å². The third-order valence-corrected chi connectivity index (χ3v) is 6.28. The van der Waals surface area contributed by atoms with E-state index >= 15 is 0 Å². The average molecular weight is 506 g/mol. The summed E-state index contributed by atoms with van der Waals surface area (Å²) in [5.41, 5.74) is 2.26. The number of benzene rings is 2. The van der Waals surface area contributed by atoms with Crippen LogP contribution in [-0.2, 0) is 4.84 Å². The minimum absolute atomic E-state index is 0.127. The van der Waals surface area contributed by atoms with E-state index in [-0.39, 0.29) is 25.9 Å². The molecule has 1 heterocycles. The maximum absolute atomic E-state index is 11.4. The van der Waals surface area contributed by atoms with Gasteiger partial charge in [-0.05, 0) is 0 Å². The molecule has 0 bridgehead atoms. The van der Waals surface area contributed by atoms with E-state index in [1.165, 1.54) is 41.6 Å². The zero-order valence-corrected chi connectivity index (χ0v) is 19.8. The van der Waals surface area contributed by atoms with E-state index in [0.717, 1.165) is 0 Å². The Hall–Kier alpha value is -3.56. The first-order chi connectivity index (χ1) is 15.5. The Bertz CT molecular complexity index is 1140. The number of nitro groups is 1. The number of hydrogen-bond acceptors (Lipinski definition) is 9. The van der Waals surface area contributed by atoms with Crippen LogP contribution >= 0.6 is 0 Å². The normalized spacial score (nSPS) is 11.1. The molecule has 0 spiro atoms. The minimum atomic E-state index is -0.485. The first-order valence-electron chi connectivity index (χ1n) is 9.17. The number of aromatic nitrogens is 1. The van der Waals surface area contributed by atoms with E-state index in [0.29, 0.717) is 44.3 Å². The Morgan fingerprint density at radius 1 is 0.969 bits per heavy atom. The van der Waals surface area contributed by atoms with E-state index in [9.17, 15) is 10.1 Å². The second-order valence-corrected chi connectivity index (χ2v) is 8.02. The van der Waals surface area contributed by atoms with Crippen molar-refractivity contribution < 1.29 is 28.7 Å². The standard InChI is InChI=1S/C21H21N3O7Se/c1-27-16-7-6-12(8-15(16)24(25)26)14-11-32-21(22-14)19(23-31-5)13-9-17(28-2)20(30-4)18(10-13)29-3/h6-11H,1-5H3/b23-19-. The molecule has 2 aromatic carbocycles. The summed E-state index contributed by atoms with van der Waals surface area (Å²) < 4.78 is 22.0. The van der Waals surface area contributed by atoms with Gasteiger partial charge < -0.3 is 0 Å². The van der Waals surface area contributed by atoms with Crippen LogP contribution < -0.4 is 18.9 Å². The number of nitro benzene ring substituents is 1. The maximum atomic E-state index is 11.4. The summed E-state index contributed by atoms with van der Waals surface area (Å²) in [6.45, 7) is 0. The second-order valence-electron chi connectivity index (χ2n) is 6.22. The molecule has 3 rings (SSSR count). The van der Waals surface area contributed by atoms with Crippen LogP contribution in [0.2, 0.25) is 0 Å². The van der Waals surface area contributed by atoms with Crippen LogP contribution in [0.25, 0.3) is 11.3 Å². The van der Waals surface area contributed by atoms with Crippen molar-refractivity contribution in [2.24, 2.45) is 5.16 Å². The van der Waals surface area contributed by atoms with E-state index in [4.69, 9.17) is 23.8 Å². The summed E-state index contributed by atoms with van der Waals surface area (Å²) >= 11 is -0.193. The van der Waals surface area contributed by atoms with Crippen molar-refractivity contribution in [1.29, 1.82) is 0 Å². The molecule has 32 heavy (non-hydrogen) atoms. The molecule has 0 saturated carbocycles. The number of oxime groups is 1. The topological polar surface area (TPSA) is 115 Å². The summed E-state index contributed by atoms with van der Waals surface area (Å²) in [5.74, 6) is 1.58. The Balaban J connectivity index is 2.07. The molecule has 0 atom stereocenters. The number of rotatable bonds is 9. The molecule has 0 aliphatic heterocycles. The van der Waals surface area contributed by atoms with Crippen LogP contribution in [0.15, 0.2) is 40.4 Å². The van der Waals surface area contributed by atoms with Gasteiger partial charge in [-0.2, -0.15) is 0 Å². The molecule has 0 N–H and O–H groups in total. The van der Waals surface area contributed by atoms with Crippen molar-refractivity contribution in [2.75, 3.05) is 35.5 Å². The number of methoxy groups -OCH3 is 4. The molecule has 1 aromatic heterocycles. The SMILES string of the molecule is CO/N=C(/c1cc(OC)c(OC)c(OC)c1)c1nc(-c2ccc(OC)c([N+](=O)[O-])c2)c[se]1. The summed E-state index contributed by atoms with van der Waals surface area (Å²) in [4.78, 5) is 22.6. The van der Waals surface area contributed by atoms with Gasteiger partial charge in [-0.15, -0.1) is 0 Å². The van der Waals surface area contributed by atoms with Crippen molar-refractivity contribution >= 4 is 25.9 Å².